The van der Waals surface area contributed by atoms with E-state index in [0.29, 0.717) is 17.3 Å². The third-order valence-corrected chi connectivity index (χ3v) is 16.1. The molecule has 1 aromatic heterocycles. The van der Waals surface area contributed by atoms with Crippen molar-refractivity contribution in [2.75, 3.05) is 0 Å². The Bertz CT molecular complexity index is 2110. The van der Waals surface area contributed by atoms with Crippen molar-refractivity contribution in [1.82, 2.24) is 25.1 Å². The lowest BCUT2D eigenvalue weighted by molar-refractivity contribution is -0.384. The summed E-state index contributed by atoms with van der Waals surface area (Å²) < 4.78 is 5.72. The van der Waals surface area contributed by atoms with Gasteiger partial charge in [-0.25, -0.2) is 9.48 Å². The Hall–Kier alpha value is -5.08. The van der Waals surface area contributed by atoms with Crippen molar-refractivity contribution in [2.24, 2.45) is 7.05 Å². The number of nitro groups is 1. The normalized spacial score (nSPS) is 17.2. The summed E-state index contributed by atoms with van der Waals surface area (Å²) in [7, 11) is 1.62. The molecule has 1 N–H and O–H groups in total. The molecular weight excluding hydrogens is 736 g/mol. The molecule has 272 valence electrons. The number of hydrogen-bond acceptors (Lipinski definition) is 12. The smallest absolute Gasteiger partial charge is 0.356 e. The topological polar surface area (TPSA) is 171 Å². The monoisotopic (exact) mass is 770 g/mol. The minimum atomic E-state index is -3.39. The number of benzene rings is 4. The van der Waals surface area contributed by atoms with Gasteiger partial charge in [0.25, 0.3) is 11.6 Å². The molecule has 5 aromatic rings. The number of aromatic nitrogens is 4. The minimum absolute atomic E-state index is 0.00432. The molecular formula is C37H35N6O7PS2. The number of β-lactam (4-membered cyclic amide) rings is 1. The summed E-state index contributed by atoms with van der Waals surface area (Å²) >= 11 is 1.74. The number of amides is 1. The Kier molecular flexibility index (Phi) is 10.7. The number of esters is 1. The number of hydrogen-bond donors (Lipinski definition) is 1. The molecule has 1 aliphatic heterocycles. The second kappa shape index (κ2) is 15.1. The highest BCUT2D eigenvalue weighted by atomic mass is 32.2. The Morgan fingerprint density at radius 1 is 0.925 bits per heavy atom. The van der Waals surface area contributed by atoms with Crippen molar-refractivity contribution in [3.8, 4) is 0 Å². The van der Waals surface area contributed by atoms with Crippen LogP contribution >= 0.6 is 30.4 Å². The first kappa shape index (κ1) is 37.7. The molecule has 6 rings (SSSR count). The highest BCUT2D eigenvalue weighted by Crippen LogP contribution is 2.58. The number of non-ortho nitro benzene ring substituents is 1. The molecule has 0 bridgehead atoms. The van der Waals surface area contributed by atoms with E-state index in [1.165, 1.54) is 54.6 Å². The summed E-state index contributed by atoms with van der Waals surface area (Å²) in [6.07, 6.45) is 0. The Morgan fingerprint density at radius 2 is 1.43 bits per heavy atom. The number of nitrogens with zero attached hydrogens (tertiary/aromatic N) is 6. The number of likely N-dealkylation sites (tertiary alicyclic amines) is 1. The van der Waals surface area contributed by atoms with Gasteiger partial charge in [0.1, 0.15) is 17.4 Å². The average molecular weight is 771 g/mol. The van der Waals surface area contributed by atoms with Crippen LogP contribution in [0.3, 0.4) is 0 Å². The average Bonchev–Trinajstić information content (AvgIpc) is 3.57. The van der Waals surface area contributed by atoms with E-state index >= 15 is 9.59 Å². The van der Waals surface area contributed by atoms with Gasteiger partial charge in [-0.2, -0.15) is 0 Å². The standard InChI is InChI=1S/C37H35N6O7PS2/c1-25(44)53-37(36(2,3)47)33(46)42(34(37)52-35-38-39-40-41(35)4)31(32(45)50-24-26-20-22-27(23-21-26)43(48)49)51(28-14-8-5-9-15-28,29-16-10-6-11-17-29)30-18-12-7-13-19-30/h5-23,34,47H,24H2,1-4H3/t34-,37-/m1/s1. The van der Waals surface area contributed by atoms with Crippen molar-refractivity contribution < 1.29 is 29.2 Å². The van der Waals surface area contributed by atoms with Gasteiger partial charge in [0.2, 0.25) is 5.16 Å². The lowest BCUT2D eigenvalue weighted by Gasteiger charge is -2.59. The van der Waals surface area contributed by atoms with E-state index in [0.717, 1.165) is 27.7 Å². The van der Waals surface area contributed by atoms with E-state index in [2.05, 4.69) is 15.5 Å². The molecule has 0 saturated carbocycles. The van der Waals surface area contributed by atoms with Crippen LogP contribution in [-0.4, -0.2) is 73.3 Å². The highest BCUT2D eigenvalue weighted by Gasteiger charge is 2.72. The van der Waals surface area contributed by atoms with Crippen molar-refractivity contribution >= 4 is 74.4 Å². The maximum Gasteiger partial charge on any atom is 0.356 e. The van der Waals surface area contributed by atoms with Gasteiger partial charge in [0.15, 0.2) is 9.86 Å². The quantitative estimate of drug-likeness (QED) is 0.0636. The second-order valence-corrected chi connectivity index (χ2v) is 18.4. The van der Waals surface area contributed by atoms with E-state index < -0.39 is 44.5 Å². The minimum Gasteiger partial charge on any atom is -0.456 e. The molecule has 2 atom stereocenters. The number of tetrazole rings is 1. The van der Waals surface area contributed by atoms with Gasteiger partial charge < -0.3 is 9.84 Å². The maximum atomic E-state index is 15.2. The summed E-state index contributed by atoms with van der Waals surface area (Å²) in [5.41, 5.74) is -1.42. The van der Waals surface area contributed by atoms with Gasteiger partial charge in [0.05, 0.1) is 10.5 Å². The van der Waals surface area contributed by atoms with Crippen LogP contribution in [0.2, 0.25) is 0 Å². The summed E-state index contributed by atoms with van der Waals surface area (Å²) in [5.74, 6) is -1.51. The lowest BCUT2D eigenvalue weighted by atomic mass is 9.81. The zero-order valence-electron chi connectivity index (χ0n) is 29.1. The number of nitro benzene ring substituents is 1. The Morgan fingerprint density at radius 3 is 1.85 bits per heavy atom. The van der Waals surface area contributed by atoms with Crippen LogP contribution in [0.5, 0.6) is 0 Å². The van der Waals surface area contributed by atoms with Crippen molar-refractivity contribution in [2.45, 2.75) is 48.3 Å². The van der Waals surface area contributed by atoms with E-state index in [1.54, 1.807) is 7.05 Å². The number of aliphatic hydroxyl groups is 1. The summed E-state index contributed by atoms with van der Waals surface area (Å²) in [6.45, 7) is 0.571. The molecule has 0 aliphatic carbocycles. The first-order valence-electron chi connectivity index (χ1n) is 16.3. The van der Waals surface area contributed by atoms with Gasteiger partial charge in [-0.1, -0.05) is 115 Å². The first-order valence-corrected chi connectivity index (χ1v) is 19.8. The predicted octanol–water partition coefficient (Wildman–Crippen LogP) is 4.04. The van der Waals surface area contributed by atoms with Gasteiger partial charge >= 0.3 is 5.97 Å². The molecule has 13 nitrogen and oxygen atoms in total. The van der Waals surface area contributed by atoms with Gasteiger partial charge in [-0.3, -0.25) is 24.6 Å². The molecule has 0 radical (unpaired) electrons. The third-order valence-electron chi connectivity index (χ3n) is 8.81. The zero-order valence-corrected chi connectivity index (χ0v) is 31.6. The molecule has 0 unspecified atom stereocenters. The van der Waals surface area contributed by atoms with Gasteiger partial charge in [-0.05, 0) is 57.9 Å². The second-order valence-electron chi connectivity index (χ2n) is 12.6. The molecule has 1 aliphatic rings. The summed E-state index contributed by atoms with van der Waals surface area (Å²) in [5, 5.41) is 36.0. The number of carbonyl (C=O) groups is 3. The molecule has 4 aromatic carbocycles. The maximum absolute atomic E-state index is 15.2. The molecule has 2 heterocycles. The predicted molar refractivity (Wildman–Crippen MR) is 206 cm³/mol. The van der Waals surface area contributed by atoms with Crippen LogP contribution in [0, 0.1) is 10.1 Å². The first-order chi connectivity index (χ1) is 25.3. The number of carbonyl (C=O) groups excluding carboxylic acids is 3. The molecule has 0 spiro atoms. The van der Waals surface area contributed by atoms with Gasteiger partial charge in [-0.15, -0.1) is 5.10 Å². The summed E-state index contributed by atoms with van der Waals surface area (Å²) in [6, 6.07) is 33.8. The number of rotatable bonds is 12. The lowest BCUT2D eigenvalue weighted by Crippen LogP contribution is -2.80. The molecule has 16 heteroatoms. The SMILES string of the molecule is CC(=O)S[C@]1(C(C)(C)O)C(=O)N(C(C(=O)OCc2ccc([N+](=O)[O-])cc2)=P(c2ccccc2)(c2ccccc2)c2ccccc2)[C@@H]1Sc1nnnn1C. The fourth-order valence-electron chi connectivity index (χ4n) is 6.37. The van der Waals surface area contributed by atoms with Crippen LogP contribution in [-0.2, 0) is 32.8 Å². The fraction of sp³-hybridized carbons (Fsp3) is 0.216. The molecule has 1 saturated heterocycles. The van der Waals surface area contributed by atoms with Crippen LogP contribution < -0.4 is 15.9 Å². The Labute approximate surface area is 313 Å². The largest absolute Gasteiger partial charge is 0.456 e. The fourth-order valence-corrected chi connectivity index (χ4v) is 13.5. The molecule has 1 amide bonds. The third kappa shape index (κ3) is 6.81. The summed E-state index contributed by atoms with van der Waals surface area (Å²) in [4.78, 5) is 55.5. The van der Waals surface area contributed by atoms with Crippen LogP contribution in [0.15, 0.2) is 120 Å². The molecule has 53 heavy (non-hydrogen) atoms. The number of aryl methyl sites for hydroxylation is 1. The van der Waals surface area contributed by atoms with E-state index in [4.69, 9.17) is 4.74 Å². The van der Waals surface area contributed by atoms with Gasteiger partial charge in [0, 0.05) is 33.0 Å². The molecule has 1 fully saturated rings. The van der Waals surface area contributed by atoms with Crippen molar-refractivity contribution in [3.05, 3.63) is 131 Å². The van der Waals surface area contributed by atoms with Crippen LogP contribution in [0.1, 0.15) is 26.3 Å². The van der Waals surface area contributed by atoms with E-state index in [1.807, 2.05) is 91.0 Å². The number of ether oxygens (including phenoxy) is 1. The van der Waals surface area contributed by atoms with Crippen LogP contribution in [0.25, 0.3) is 0 Å². The Balaban J connectivity index is 1.70. The van der Waals surface area contributed by atoms with Crippen molar-refractivity contribution in [3.63, 3.8) is 0 Å². The van der Waals surface area contributed by atoms with Crippen molar-refractivity contribution in [1.29, 1.82) is 0 Å². The van der Waals surface area contributed by atoms with E-state index in [9.17, 15) is 20.0 Å². The highest BCUT2D eigenvalue weighted by molar-refractivity contribution is 8.16. The number of thioether (sulfide) groups is 2. The van der Waals surface area contributed by atoms with E-state index in [-0.39, 0.29) is 22.9 Å². The zero-order chi connectivity index (χ0) is 38.0. The van der Waals surface area contributed by atoms with Crippen LogP contribution in [0.4, 0.5) is 5.69 Å².